The third-order valence-corrected chi connectivity index (χ3v) is 6.67. The highest BCUT2D eigenvalue weighted by atomic mass is 16.5. The maximum absolute atomic E-state index is 12.5. The summed E-state index contributed by atoms with van der Waals surface area (Å²) in [7, 11) is 0. The van der Waals surface area contributed by atoms with E-state index in [1.54, 1.807) is 0 Å². The van der Waals surface area contributed by atoms with Crippen molar-refractivity contribution >= 4 is 5.97 Å². The summed E-state index contributed by atoms with van der Waals surface area (Å²) in [4.78, 5) is 12.5. The lowest BCUT2D eigenvalue weighted by molar-refractivity contribution is -0.151. The van der Waals surface area contributed by atoms with Crippen molar-refractivity contribution in [2.24, 2.45) is 0 Å². The SMILES string of the molecule is CCCCCCCCCCCC(=O)O[C@H]1CCCC[C@@H]1c1cccc(OC(C)CC)c1. The van der Waals surface area contributed by atoms with Crippen LogP contribution in [-0.4, -0.2) is 18.2 Å². The van der Waals surface area contributed by atoms with Crippen molar-refractivity contribution in [3.05, 3.63) is 29.8 Å². The van der Waals surface area contributed by atoms with Crippen LogP contribution in [0.25, 0.3) is 0 Å². The van der Waals surface area contributed by atoms with E-state index in [4.69, 9.17) is 9.47 Å². The molecular formula is C28H46O3. The number of benzene rings is 1. The van der Waals surface area contributed by atoms with E-state index in [1.165, 1.54) is 56.9 Å². The largest absolute Gasteiger partial charge is 0.491 e. The van der Waals surface area contributed by atoms with Gasteiger partial charge in [-0.05, 0) is 56.7 Å². The molecule has 0 amide bonds. The molecule has 0 heterocycles. The lowest BCUT2D eigenvalue weighted by Gasteiger charge is -2.32. The van der Waals surface area contributed by atoms with E-state index < -0.39 is 0 Å². The molecule has 1 aromatic carbocycles. The first-order valence-electron chi connectivity index (χ1n) is 13.1. The summed E-state index contributed by atoms with van der Waals surface area (Å²) in [5.74, 6) is 1.21. The van der Waals surface area contributed by atoms with Crippen LogP contribution in [0.1, 0.15) is 129 Å². The molecule has 0 N–H and O–H groups in total. The van der Waals surface area contributed by atoms with E-state index in [2.05, 4.69) is 39.0 Å². The first-order valence-corrected chi connectivity index (χ1v) is 13.1. The number of unbranched alkanes of at least 4 members (excludes halogenated alkanes) is 8. The molecule has 0 aliphatic heterocycles. The number of rotatable bonds is 15. The van der Waals surface area contributed by atoms with Gasteiger partial charge in [-0.1, -0.05) is 83.8 Å². The zero-order chi connectivity index (χ0) is 22.3. The van der Waals surface area contributed by atoms with E-state index in [0.717, 1.165) is 44.3 Å². The number of hydrogen-bond donors (Lipinski definition) is 0. The van der Waals surface area contributed by atoms with Gasteiger partial charge < -0.3 is 9.47 Å². The minimum absolute atomic E-state index is 0.00754. The second-order valence-electron chi connectivity index (χ2n) is 9.41. The van der Waals surface area contributed by atoms with E-state index in [-0.39, 0.29) is 18.2 Å². The van der Waals surface area contributed by atoms with E-state index in [9.17, 15) is 4.79 Å². The van der Waals surface area contributed by atoms with Gasteiger partial charge in [-0.25, -0.2) is 0 Å². The van der Waals surface area contributed by atoms with Crippen molar-refractivity contribution in [1.29, 1.82) is 0 Å². The molecule has 2 rings (SSSR count). The maximum atomic E-state index is 12.5. The fraction of sp³-hybridized carbons (Fsp3) is 0.750. The molecule has 1 fully saturated rings. The maximum Gasteiger partial charge on any atom is 0.306 e. The van der Waals surface area contributed by atoms with Gasteiger partial charge in [0, 0.05) is 12.3 Å². The monoisotopic (exact) mass is 430 g/mol. The predicted molar refractivity (Wildman–Crippen MR) is 130 cm³/mol. The first-order chi connectivity index (χ1) is 15.1. The Morgan fingerprint density at radius 2 is 1.65 bits per heavy atom. The molecule has 3 nitrogen and oxygen atoms in total. The number of carbonyl (C=O) groups is 1. The van der Waals surface area contributed by atoms with E-state index >= 15 is 0 Å². The van der Waals surface area contributed by atoms with Gasteiger partial charge in [0.25, 0.3) is 0 Å². The van der Waals surface area contributed by atoms with Gasteiger partial charge in [-0.15, -0.1) is 0 Å². The molecule has 0 bridgehead atoms. The van der Waals surface area contributed by atoms with Gasteiger partial charge in [0.2, 0.25) is 0 Å². The van der Waals surface area contributed by atoms with Crippen molar-refractivity contribution < 1.29 is 14.3 Å². The van der Waals surface area contributed by atoms with Crippen LogP contribution in [0.15, 0.2) is 24.3 Å². The molecule has 1 saturated carbocycles. The molecule has 0 saturated heterocycles. The van der Waals surface area contributed by atoms with Gasteiger partial charge in [0.05, 0.1) is 6.10 Å². The lowest BCUT2D eigenvalue weighted by Crippen LogP contribution is -2.28. The quantitative estimate of drug-likeness (QED) is 0.207. The van der Waals surface area contributed by atoms with Crippen molar-refractivity contribution in [1.82, 2.24) is 0 Å². The highest BCUT2D eigenvalue weighted by Gasteiger charge is 2.29. The first kappa shape index (κ1) is 25.7. The molecule has 1 unspecified atom stereocenters. The molecule has 0 radical (unpaired) electrons. The Hall–Kier alpha value is -1.51. The zero-order valence-electron chi connectivity index (χ0n) is 20.4. The number of esters is 1. The normalized spacial score (nSPS) is 19.7. The number of hydrogen-bond acceptors (Lipinski definition) is 3. The fourth-order valence-electron chi connectivity index (χ4n) is 4.56. The lowest BCUT2D eigenvalue weighted by atomic mass is 9.81. The Bertz CT molecular complexity index is 612. The number of carbonyl (C=O) groups excluding carboxylic acids is 1. The van der Waals surface area contributed by atoms with Gasteiger partial charge in [0.15, 0.2) is 0 Å². The third-order valence-electron chi connectivity index (χ3n) is 6.67. The Labute approximate surface area is 191 Å². The Morgan fingerprint density at radius 1 is 0.968 bits per heavy atom. The van der Waals surface area contributed by atoms with Crippen molar-refractivity contribution in [3.63, 3.8) is 0 Å². The molecular weight excluding hydrogens is 384 g/mol. The highest BCUT2D eigenvalue weighted by Crippen LogP contribution is 2.36. The van der Waals surface area contributed by atoms with Crippen LogP contribution in [0, 0.1) is 0 Å². The van der Waals surface area contributed by atoms with Gasteiger partial charge >= 0.3 is 5.97 Å². The summed E-state index contributed by atoms with van der Waals surface area (Å²) in [5, 5.41) is 0. The molecule has 1 aliphatic rings. The smallest absolute Gasteiger partial charge is 0.306 e. The molecule has 1 aliphatic carbocycles. The topological polar surface area (TPSA) is 35.5 Å². The van der Waals surface area contributed by atoms with Gasteiger partial charge in [0.1, 0.15) is 11.9 Å². The summed E-state index contributed by atoms with van der Waals surface area (Å²) in [5.41, 5.74) is 1.25. The molecule has 0 spiro atoms. The van der Waals surface area contributed by atoms with Crippen LogP contribution in [0.5, 0.6) is 5.75 Å². The highest BCUT2D eigenvalue weighted by molar-refractivity contribution is 5.69. The minimum atomic E-state index is -0.00754. The predicted octanol–water partition coefficient (Wildman–Crippen LogP) is 8.35. The van der Waals surface area contributed by atoms with Crippen LogP contribution in [0.4, 0.5) is 0 Å². The van der Waals surface area contributed by atoms with E-state index in [1.807, 2.05) is 6.07 Å². The van der Waals surface area contributed by atoms with Crippen LogP contribution in [0.2, 0.25) is 0 Å². The second kappa shape index (κ2) is 15.3. The van der Waals surface area contributed by atoms with Gasteiger partial charge in [-0.2, -0.15) is 0 Å². The van der Waals surface area contributed by atoms with Crippen molar-refractivity contribution in [2.45, 2.75) is 135 Å². The Morgan fingerprint density at radius 3 is 2.35 bits per heavy atom. The molecule has 3 atom stereocenters. The third kappa shape index (κ3) is 10.1. The minimum Gasteiger partial charge on any atom is -0.491 e. The molecule has 0 aromatic heterocycles. The zero-order valence-corrected chi connectivity index (χ0v) is 20.4. The second-order valence-corrected chi connectivity index (χ2v) is 9.41. The summed E-state index contributed by atoms with van der Waals surface area (Å²) in [6.45, 7) is 6.50. The van der Waals surface area contributed by atoms with Gasteiger partial charge in [-0.3, -0.25) is 4.79 Å². The number of ether oxygens (including phenoxy) is 2. The molecule has 176 valence electrons. The molecule has 3 heteroatoms. The Kier molecular flexibility index (Phi) is 12.7. The summed E-state index contributed by atoms with van der Waals surface area (Å²) in [6.07, 6.45) is 17.6. The average Bonchev–Trinajstić information content (AvgIpc) is 2.78. The average molecular weight is 431 g/mol. The van der Waals surface area contributed by atoms with Crippen LogP contribution >= 0.6 is 0 Å². The van der Waals surface area contributed by atoms with E-state index in [0.29, 0.717) is 12.3 Å². The van der Waals surface area contributed by atoms with Crippen LogP contribution in [0.3, 0.4) is 0 Å². The summed E-state index contributed by atoms with van der Waals surface area (Å²) >= 11 is 0. The van der Waals surface area contributed by atoms with Crippen LogP contribution in [-0.2, 0) is 9.53 Å². The summed E-state index contributed by atoms with van der Waals surface area (Å²) < 4.78 is 12.0. The fourth-order valence-corrected chi connectivity index (χ4v) is 4.56. The van der Waals surface area contributed by atoms with Crippen molar-refractivity contribution in [3.8, 4) is 5.75 Å². The Balaban J connectivity index is 1.74. The van der Waals surface area contributed by atoms with Crippen LogP contribution < -0.4 is 4.74 Å². The summed E-state index contributed by atoms with van der Waals surface area (Å²) in [6, 6.07) is 8.43. The standard InChI is InChI=1S/C28H46O3/c1-4-6-7-8-9-10-11-12-13-21-28(29)31-27-20-15-14-19-26(27)24-17-16-18-25(22-24)30-23(3)5-2/h16-18,22-23,26-27H,4-15,19-21H2,1-3H3/t23?,26-,27+/m1/s1. The van der Waals surface area contributed by atoms with Crippen molar-refractivity contribution in [2.75, 3.05) is 0 Å². The molecule has 31 heavy (non-hydrogen) atoms. The molecule has 1 aromatic rings.